The normalized spacial score (nSPS) is 16.4. The van der Waals surface area contributed by atoms with Gasteiger partial charge in [0.1, 0.15) is 0 Å². The molecule has 1 aliphatic carbocycles. The summed E-state index contributed by atoms with van der Waals surface area (Å²) in [5.41, 5.74) is 0.234. The summed E-state index contributed by atoms with van der Waals surface area (Å²) in [6.45, 7) is 0.680. The van der Waals surface area contributed by atoms with Crippen LogP contribution in [0.1, 0.15) is 42.5 Å². The molecule has 0 aliphatic heterocycles. The summed E-state index contributed by atoms with van der Waals surface area (Å²) < 4.78 is 25.6. The van der Waals surface area contributed by atoms with Crippen LogP contribution < -0.4 is 0 Å². The van der Waals surface area contributed by atoms with E-state index >= 15 is 0 Å². The SMILES string of the molecule is CN(CC1CCCCC1)C(=O)c1cc(S(=O)(=O)N(C)C)ccc1Cl. The molecule has 1 aliphatic rings. The van der Waals surface area contributed by atoms with Crippen molar-refractivity contribution in [3.8, 4) is 0 Å². The molecule has 5 nitrogen and oxygen atoms in total. The summed E-state index contributed by atoms with van der Waals surface area (Å²) in [5.74, 6) is 0.279. The molecule has 24 heavy (non-hydrogen) atoms. The van der Waals surface area contributed by atoms with Crippen LogP contribution >= 0.6 is 11.6 Å². The number of amides is 1. The topological polar surface area (TPSA) is 57.7 Å². The van der Waals surface area contributed by atoms with E-state index in [1.807, 2.05) is 0 Å². The van der Waals surface area contributed by atoms with Gasteiger partial charge < -0.3 is 4.90 Å². The first-order valence-electron chi connectivity index (χ1n) is 8.21. The summed E-state index contributed by atoms with van der Waals surface area (Å²) in [7, 11) is 1.07. The average Bonchev–Trinajstić information content (AvgIpc) is 2.55. The van der Waals surface area contributed by atoms with E-state index in [0.717, 1.165) is 17.1 Å². The Bertz CT molecular complexity index is 698. The highest BCUT2D eigenvalue weighted by molar-refractivity contribution is 7.89. The number of nitrogens with zero attached hydrogens (tertiary/aromatic N) is 2. The number of carbonyl (C=O) groups excluding carboxylic acids is 1. The number of halogens is 1. The van der Waals surface area contributed by atoms with Crippen LogP contribution in [-0.2, 0) is 10.0 Å². The lowest BCUT2D eigenvalue weighted by Gasteiger charge is -2.27. The molecule has 1 saturated carbocycles. The van der Waals surface area contributed by atoms with Crippen LogP contribution in [0.2, 0.25) is 5.02 Å². The summed E-state index contributed by atoms with van der Waals surface area (Å²) in [6, 6.07) is 4.27. The molecule has 1 aromatic carbocycles. The molecule has 0 unspecified atom stereocenters. The summed E-state index contributed by atoms with van der Waals surface area (Å²) in [5, 5.41) is 0.271. The third kappa shape index (κ3) is 4.29. The minimum Gasteiger partial charge on any atom is -0.341 e. The maximum Gasteiger partial charge on any atom is 0.255 e. The van der Waals surface area contributed by atoms with Crippen LogP contribution in [0.3, 0.4) is 0 Å². The first-order chi connectivity index (χ1) is 11.2. The second-order valence-electron chi connectivity index (χ2n) is 6.62. The van der Waals surface area contributed by atoms with Gasteiger partial charge >= 0.3 is 0 Å². The largest absolute Gasteiger partial charge is 0.341 e. The maximum atomic E-state index is 12.7. The first kappa shape index (κ1) is 19.2. The molecule has 7 heteroatoms. The van der Waals surface area contributed by atoms with E-state index in [4.69, 9.17) is 11.6 Å². The maximum absolute atomic E-state index is 12.7. The van der Waals surface area contributed by atoms with Crippen molar-refractivity contribution in [2.45, 2.75) is 37.0 Å². The molecule has 0 heterocycles. The molecule has 1 aromatic rings. The highest BCUT2D eigenvalue weighted by Gasteiger charge is 2.24. The van der Waals surface area contributed by atoms with Crippen molar-refractivity contribution in [3.63, 3.8) is 0 Å². The predicted octanol–water partition coefficient (Wildman–Crippen LogP) is 3.24. The fourth-order valence-electron chi connectivity index (χ4n) is 3.09. The van der Waals surface area contributed by atoms with Gasteiger partial charge in [0.25, 0.3) is 5.91 Å². The van der Waals surface area contributed by atoms with Crippen molar-refractivity contribution in [3.05, 3.63) is 28.8 Å². The molecule has 0 N–H and O–H groups in total. The smallest absolute Gasteiger partial charge is 0.255 e. The van der Waals surface area contributed by atoms with Gasteiger partial charge in [-0.3, -0.25) is 4.79 Å². The third-order valence-electron chi connectivity index (χ3n) is 4.55. The van der Waals surface area contributed by atoms with E-state index in [2.05, 4.69) is 0 Å². The minimum absolute atomic E-state index is 0.0753. The van der Waals surface area contributed by atoms with Crippen LogP contribution in [0.5, 0.6) is 0 Å². The molecule has 1 amide bonds. The van der Waals surface area contributed by atoms with E-state index in [1.165, 1.54) is 51.6 Å². The zero-order chi connectivity index (χ0) is 17.9. The fourth-order valence-corrected chi connectivity index (χ4v) is 4.21. The standard InChI is InChI=1S/C17H25ClN2O3S/c1-19(2)24(22,23)14-9-10-16(18)15(11-14)17(21)20(3)12-13-7-5-4-6-8-13/h9-11,13H,4-8,12H2,1-3H3. The van der Waals surface area contributed by atoms with Gasteiger partial charge in [-0.2, -0.15) is 0 Å². The molecule has 0 spiro atoms. The molecule has 0 aromatic heterocycles. The van der Waals surface area contributed by atoms with Gasteiger partial charge in [0.2, 0.25) is 10.0 Å². The van der Waals surface area contributed by atoms with Gasteiger partial charge in [-0.15, -0.1) is 0 Å². The third-order valence-corrected chi connectivity index (χ3v) is 6.69. The number of benzene rings is 1. The van der Waals surface area contributed by atoms with Crippen LogP contribution in [-0.4, -0.2) is 51.2 Å². The zero-order valence-corrected chi connectivity index (χ0v) is 16.0. The Kier molecular flexibility index (Phi) is 6.28. The highest BCUT2D eigenvalue weighted by Crippen LogP contribution is 2.26. The van der Waals surface area contributed by atoms with E-state index in [-0.39, 0.29) is 21.4 Å². The van der Waals surface area contributed by atoms with Gasteiger partial charge in [-0.25, -0.2) is 12.7 Å². The van der Waals surface area contributed by atoms with Gasteiger partial charge in [0.05, 0.1) is 15.5 Å². The zero-order valence-electron chi connectivity index (χ0n) is 14.5. The van der Waals surface area contributed by atoms with Crippen molar-refractivity contribution in [1.29, 1.82) is 0 Å². The summed E-state index contributed by atoms with van der Waals surface area (Å²) in [6.07, 6.45) is 5.97. The van der Waals surface area contributed by atoms with Crippen LogP contribution in [0.25, 0.3) is 0 Å². The summed E-state index contributed by atoms with van der Waals surface area (Å²) >= 11 is 6.15. The van der Waals surface area contributed by atoms with E-state index in [1.54, 1.807) is 11.9 Å². The quantitative estimate of drug-likeness (QED) is 0.797. The van der Waals surface area contributed by atoms with E-state index < -0.39 is 10.0 Å². The van der Waals surface area contributed by atoms with Crippen LogP contribution in [0.4, 0.5) is 0 Å². The minimum atomic E-state index is -3.60. The number of hydrogen-bond acceptors (Lipinski definition) is 3. The Morgan fingerprint density at radius 2 is 1.79 bits per heavy atom. The number of sulfonamides is 1. The molecular weight excluding hydrogens is 348 g/mol. The molecular formula is C17H25ClN2O3S. The molecule has 0 bridgehead atoms. The molecule has 0 saturated heterocycles. The number of rotatable bonds is 5. The Morgan fingerprint density at radius 1 is 1.17 bits per heavy atom. The van der Waals surface area contributed by atoms with Crippen molar-refractivity contribution < 1.29 is 13.2 Å². The van der Waals surface area contributed by atoms with Crippen molar-refractivity contribution in [2.75, 3.05) is 27.7 Å². The Balaban J connectivity index is 2.22. The van der Waals surface area contributed by atoms with Gasteiger partial charge in [0.15, 0.2) is 0 Å². The van der Waals surface area contributed by atoms with Crippen molar-refractivity contribution in [1.82, 2.24) is 9.21 Å². The molecule has 1 fully saturated rings. The lowest BCUT2D eigenvalue weighted by molar-refractivity contribution is 0.0760. The molecule has 0 atom stereocenters. The lowest BCUT2D eigenvalue weighted by atomic mass is 9.89. The van der Waals surface area contributed by atoms with Gasteiger partial charge in [-0.05, 0) is 37.0 Å². The van der Waals surface area contributed by atoms with E-state index in [0.29, 0.717) is 12.5 Å². The highest BCUT2D eigenvalue weighted by atomic mass is 35.5. The van der Waals surface area contributed by atoms with Crippen molar-refractivity contribution >= 4 is 27.5 Å². The Hall–Kier alpha value is -1.11. The van der Waals surface area contributed by atoms with E-state index in [9.17, 15) is 13.2 Å². The second kappa shape index (κ2) is 7.85. The van der Waals surface area contributed by atoms with Crippen LogP contribution in [0, 0.1) is 5.92 Å². The monoisotopic (exact) mass is 372 g/mol. The lowest BCUT2D eigenvalue weighted by Crippen LogP contribution is -2.33. The Labute approximate surface area is 149 Å². The number of hydrogen-bond donors (Lipinski definition) is 0. The first-order valence-corrected chi connectivity index (χ1v) is 10.0. The fraction of sp³-hybridized carbons (Fsp3) is 0.588. The molecule has 0 radical (unpaired) electrons. The van der Waals surface area contributed by atoms with Crippen LogP contribution in [0.15, 0.2) is 23.1 Å². The second-order valence-corrected chi connectivity index (χ2v) is 9.18. The summed E-state index contributed by atoms with van der Waals surface area (Å²) in [4.78, 5) is 14.5. The van der Waals surface area contributed by atoms with Gasteiger partial charge in [-0.1, -0.05) is 30.9 Å². The predicted molar refractivity (Wildman–Crippen MR) is 95.9 cm³/mol. The van der Waals surface area contributed by atoms with Gasteiger partial charge in [0, 0.05) is 27.7 Å². The van der Waals surface area contributed by atoms with Crippen molar-refractivity contribution in [2.24, 2.45) is 5.92 Å². The number of carbonyl (C=O) groups is 1. The Morgan fingerprint density at radius 3 is 2.38 bits per heavy atom. The average molecular weight is 373 g/mol. The molecule has 2 rings (SSSR count). The molecule has 134 valence electrons.